The van der Waals surface area contributed by atoms with Gasteiger partial charge >= 0.3 is 6.18 Å². The van der Waals surface area contributed by atoms with E-state index in [-0.39, 0.29) is 18.9 Å². The van der Waals surface area contributed by atoms with E-state index < -0.39 is 12.1 Å². The van der Waals surface area contributed by atoms with Gasteiger partial charge in [-0.1, -0.05) is 0 Å². The third kappa shape index (κ3) is 3.49. The van der Waals surface area contributed by atoms with Crippen molar-refractivity contribution in [2.24, 2.45) is 5.92 Å². The molecule has 2 rings (SSSR count). The summed E-state index contributed by atoms with van der Waals surface area (Å²) < 4.78 is 43.2. The summed E-state index contributed by atoms with van der Waals surface area (Å²) >= 11 is 0. The largest absolute Gasteiger partial charge is 0.392 e. The summed E-state index contributed by atoms with van der Waals surface area (Å²) in [6.45, 7) is 1.96. The standard InChI is InChI=1S/C13H19F3N2O/c1-8(19-2)3-6-12-17-10-5-4-9(13(14,15)16)7-11(10)18-12/h8-9H,3-7H2,1-2H3,(H,17,18). The number of nitrogens with one attached hydrogen (secondary N) is 1. The molecule has 1 aromatic heterocycles. The maximum absolute atomic E-state index is 12.7. The van der Waals surface area contributed by atoms with Gasteiger partial charge in [-0.25, -0.2) is 4.98 Å². The number of halogens is 3. The van der Waals surface area contributed by atoms with Gasteiger partial charge in [-0.05, 0) is 26.2 Å². The van der Waals surface area contributed by atoms with Crippen molar-refractivity contribution in [3.05, 3.63) is 17.2 Å². The quantitative estimate of drug-likeness (QED) is 0.918. The highest BCUT2D eigenvalue weighted by Gasteiger charge is 2.41. The molecular formula is C13H19F3N2O. The first-order valence-corrected chi connectivity index (χ1v) is 6.56. The molecule has 0 fully saturated rings. The Morgan fingerprint density at radius 3 is 2.84 bits per heavy atom. The summed E-state index contributed by atoms with van der Waals surface area (Å²) in [7, 11) is 1.64. The van der Waals surface area contributed by atoms with E-state index in [0.29, 0.717) is 18.5 Å². The first kappa shape index (κ1) is 14.4. The molecule has 2 atom stereocenters. The lowest BCUT2D eigenvalue weighted by molar-refractivity contribution is -0.177. The van der Waals surface area contributed by atoms with E-state index in [4.69, 9.17) is 4.74 Å². The van der Waals surface area contributed by atoms with Gasteiger partial charge in [0.25, 0.3) is 0 Å². The Hall–Kier alpha value is -1.04. The Morgan fingerprint density at radius 2 is 2.21 bits per heavy atom. The summed E-state index contributed by atoms with van der Waals surface area (Å²) in [5, 5.41) is 0. The number of H-pyrrole nitrogens is 1. The average Bonchev–Trinajstić information content (AvgIpc) is 2.76. The van der Waals surface area contributed by atoms with Crippen LogP contribution in [0.3, 0.4) is 0 Å². The van der Waals surface area contributed by atoms with E-state index in [1.807, 2.05) is 6.92 Å². The number of fused-ring (bicyclic) bond motifs is 1. The van der Waals surface area contributed by atoms with Crippen LogP contribution in [0.5, 0.6) is 0 Å². The number of imidazole rings is 1. The zero-order valence-corrected chi connectivity index (χ0v) is 11.2. The Kier molecular flexibility index (Phi) is 4.18. The maximum Gasteiger partial charge on any atom is 0.392 e. The molecule has 2 unspecified atom stereocenters. The molecule has 0 radical (unpaired) electrons. The normalized spacial score (nSPS) is 21.2. The van der Waals surface area contributed by atoms with E-state index in [9.17, 15) is 13.2 Å². The second-order valence-electron chi connectivity index (χ2n) is 5.18. The second kappa shape index (κ2) is 5.53. The molecule has 0 spiro atoms. The van der Waals surface area contributed by atoms with Crippen LogP contribution in [0.1, 0.15) is 37.0 Å². The van der Waals surface area contributed by atoms with Crippen molar-refractivity contribution in [3.63, 3.8) is 0 Å². The van der Waals surface area contributed by atoms with Gasteiger partial charge in [-0.3, -0.25) is 0 Å². The van der Waals surface area contributed by atoms with Crippen LogP contribution in [0, 0.1) is 5.92 Å². The van der Waals surface area contributed by atoms with Crippen LogP contribution in [0.15, 0.2) is 0 Å². The molecule has 6 heteroatoms. The van der Waals surface area contributed by atoms with Crippen LogP contribution in [0.2, 0.25) is 0 Å². The molecule has 0 saturated heterocycles. The van der Waals surface area contributed by atoms with Crippen molar-refractivity contribution >= 4 is 0 Å². The topological polar surface area (TPSA) is 37.9 Å². The molecule has 0 amide bonds. The van der Waals surface area contributed by atoms with Crippen LogP contribution in [-0.2, 0) is 24.0 Å². The van der Waals surface area contributed by atoms with Crippen molar-refractivity contribution in [2.45, 2.75) is 51.3 Å². The second-order valence-corrected chi connectivity index (χ2v) is 5.18. The van der Waals surface area contributed by atoms with Crippen molar-refractivity contribution in [1.82, 2.24) is 9.97 Å². The molecule has 19 heavy (non-hydrogen) atoms. The first-order valence-electron chi connectivity index (χ1n) is 6.56. The highest BCUT2D eigenvalue weighted by Crippen LogP contribution is 2.36. The lowest BCUT2D eigenvalue weighted by Crippen LogP contribution is -2.28. The fourth-order valence-electron chi connectivity index (χ4n) is 2.40. The zero-order chi connectivity index (χ0) is 14.0. The van der Waals surface area contributed by atoms with Gasteiger partial charge in [0, 0.05) is 25.6 Å². The third-order valence-electron chi connectivity index (χ3n) is 3.75. The molecule has 0 saturated carbocycles. The molecule has 1 aliphatic rings. The molecule has 0 aliphatic heterocycles. The Morgan fingerprint density at radius 1 is 1.47 bits per heavy atom. The summed E-state index contributed by atoms with van der Waals surface area (Å²) in [6, 6.07) is 0. The van der Waals surface area contributed by atoms with Crippen LogP contribution >= 0.6 is 0 Å². The minimum atomic E-state index is -4.10. The highest BCUT2D eigenvalue weighted by atomic mass is 19.4. The predicted octanol–water partition coefficient (Wildman–Crippen LogP) is 3.04. The number of aromatic nitrogens is 2. The molecule has 3 nitrogen and oxygen atoms in total. The SMILES string of the molecule is COC(C)CCc1nc2c([nH]1)CC(C(F)(F)F)CC2. The number of hydrogen-bond acceptors (Lipinski definition) is 2. The highest BCUT2D eigenvalue weighted by molar-refractivity contribution is 5.19. The van der Waals surface area contributed by atoms with Gasteiger partial charge in [0.2, 0.25) is 0 Å². The Labute approximate surface area is 110 Å². The number of hydrogen-bond donors (Lipinski definition) is 1. The number of nitrogens with zero attached hydrogens (tertiary/aromatic N) is 1. The van der Waals surface area contributed by atoms with Crippen molar-refractivity contribution in [1.29, 1.82) is 0 Å². The predicted molar refractivity (Wildman–Crippen MR) is 64.9 cm³/mol. The fraction of sp³-hybridized carbons (Fsp3) is 0.769. The lowest BCUT2D eigenvalue weighted by atomic mass is 9.89. The number of ether oxygens (including phenoxy) is 1. The maximum atomic E-state index is 12.7. The number of aromatic amines is 1. The zero-order valence-electron chi connectivity index (χ0n) is 11.2. The van der Waals surface area contributed by atoms with Gasteiger partial charge in [0.05, 0.1) is 17.7 Å². The monoisotopic (exact) mass is 276 g/mol. The van der Waals surface area contributed by atoms with Crippen LogP contribution in [-0.4, -0.2) is 29.4 Å². The van der Waals surface area contributed by atoms with Crippen LogP contribution in [0.4, 0.5) is 13.2 Å². The number of rotatable bonds is 4. The Bertz CT molecular complexity index is 428. The van der Waals surface area contributed by atoms with E-state index in [2.05, 4.69) is 9.97 Å². The molecule has 108 valence electrons. The van der Waals surface area contributed by atoms with Gasteiger partial charge in [-0.15, -0.1) is 0 Å². The van der Waals surface area contributed by atoms with Crippen molar-refractivity contribution in [3.8, 4) is 0 Å². The van der Waals surface area contributed by atoms with Crippen LogP contribution < -0.4 is 0 Å². The summed E-state index contributed by atoms with van der Waals surface area (Å²) in [5.74, 6) is -0.456. The summed E-state index contributed by atoms with van der Waals surface area (Å²) in [6.07, 6.45) is -1.86. The van der Waals surface area contributed by atoms with E-state index >= 15 is 0 Å². The fourth-order valence-corrected chi connectivity index (χ4v) is 2.40. The first-order chi connectivity index (χ1) is 8.90. The number of methoxy groups -OCH3 is 1. The van der Waals surface area contributed by atoms with E-state index in [1.165, 1.54) is 0 Å². The van der Waals surface area contributed by atoms with E-state index in [1.54, 1.807) is 7.11 Å². The minimum Gasteiger partial charge on any atom is -0.382 e. The van der Waals surface area contributed by atoms with Crippen LogP contribution in [0.25, 0.3) is 0 Å². The lowest BCUT2D eigenvalue weighted by Gasteiger charge is -2.23. The van der Waals surface area contributed by atoms with Gasteiger partial charge < -0.3 is 9.72 Å². The molecule has 1 heterocycles. The molecule has 1 aromatic rings. The molecule has 1 N–H and O–H groups in total. The minimum absolute atomic E-state index is 0.0334. The number of aryl methyl sites for hydroxylation is 2. The molecule has 0 aromatic carbocycles. The molecule has 1 aliphatic carbocycles. The summed E-state index contributed by atoms with van der Waals surface area (Å²) in [5.41, 5.74) is 1.47. The number of alkyl halides is 3. The van der Waals surface area contributed by atoms with Gasteiger partial charge in [0.15, 0.2) is 0 Å². The van der Waals surface area contributed by atoms with Gasteiger partial charge in [-0.2, -0.15) is 13.2 Å². The van der Waals surface area contributed by atoms with Crippen molar-refractivity contribution < 1.29 is 17.9 Å². The average molecular weight is 276 g/mol. The van der Waals surface area contributed by atoms with Gasteiger partial charge in [0.1, 0.15) is 5.82 Å². The smallest absolute Gasteiger partial charge is 0.382 e. The third-order valence-corrected chi connectivity index (χ3v) is 3.75. The molecule has 0 bridgehead atoms. The van der Waals surface area contributed by atoms with E-state index in [0.717, 1.165) is 17.9 Å². The Balaban J connectivity index is 2.00. The molecular weight excluding hydrogens is 257 g/mol. The van der Waals surface area contributed by atoms with Crippen molar-refractivity contribution in [2.75, 3.05) is 7.11 Å². The summed E-state index contributed by atoms with van der Waals surface area (Å²) in [4.78, 5) is 7.44.